The minimum Gasteiger partial charge on any atom is -0.394 e. The number of benzene rings is 2. The zero-order chi connectivity index (χ0) is 24.4. The molecule has 0 bridgehead atoms. The van der Waals surface area contributed by atoms with Gasteiger partial charge in [0.05, 0.1) is 12.3 Å². The third-order valence-corrected chi connectivity index (χ3v) is 6.34. The van der Waals surface area contributed by atoms with Gasteiger partial charge in [0.1, 0.15) is 36.2 Å². The van der Waals surface area contributed by atoms with Crippen LogP contribution in [0.4, 0.5) is 0 Å². The molecule has 0 radical (unpaired) electrons. The van der Waals surface area contributed by atoms with Gasteiger partial charge in [0.15, 0.2) is 0 Å². The van der Waals surface area contributed by atoms with E-state index in [0.717, 1.165) is 28.1 Å². The van der Waals surface area contributed by atoms with Crippen LogP contribution in [0, 0.1) is 18.8 Å². The van der Waals surface area contributed by atoms with Crippen molar-refractivity contribution in [1.29, 1.82) is 0 Å². The molecule has 0 amide bonds. The number of rotatable bonds is 4. The van der Waals surface area contributed by atoms with Crippen LogP contribution in [0.5, 0.6) is 0 Å². The Morgan fingerprint density at radius 1 is 1.00 bits per heavy atom. The molecule has 7 nitrogen and oxygen atoms in total. The Hall–Kier alpha value is -2.70. The van der Waals surface area contributed by atoms with Crippen LogP contribution in [0.3, 0.4) is 0 Å². The van der Waals surface area contributed by atoms with Gasteiger partial charge in [-0.15, -0.1) is 0 Å². The minimum atomic E-state index is -1.43. The third-order valence-electron chi connectivity index (χ3n) is 5.98. The van der Waals surface area contributed by atoms with Gasteiger partial charge in [-0.3, -0.25) is 4.68 Å². The Balaban J connectivity index is 1.51. The molecule has 4 rings (SSSR count). The van der Waals surface area contributed by atoms with Crippen molar-refractivity contribution in [3.8, 4) is 11.8 Å². The smallest absolute Gasteiger partial charge is 0.113 e. The fourth-order valence-electron chi connectivity index (χ4n) is 4.07. The van der Waals surface area contributed by atoms with Crippen LogP contribution >= 0.6 is 11.6 Å². The number of aryl methyl sites for hydroxylation is 2. The van der Waals surface area contributed by atoms with Crippen molar-refractivity contribution >= 4 is 11.6 Å². The van der Waals surface area contributed by atoms with Crippen LogP contribution in [-0.4, -0.2) is 61.2 Å². The third kappa shape index (κ3) is 5.18. The summed E-state index contributed by atoms with van der Waals surface area (Å²) in [6.45, 7) is 1.45. The van der Waals surface area contributed by atoms with E-state index >= 15 is 0 Å². The van der Waals surface area contributed by atoms with Crippen molar-refractivity contribution in [2.75, 3.05) is 6.61 Å². The highest BCUT2D eigenvalue weighted by Crippen LogP contribution is 2.34. The highest BCUT2D eigenvalue weighted by Gasteiger charge is 2.44. The number of nitrogens with zero attached hydrogens (tertiary/aromatic N) is 2. The number of halogens is 1. The molecule has 1 aromatic heterocycles. The van der Waals surface area contributed by atoms with E-state index in [2.05, 4.69) is 16.9 Å². The van der Waals surface area contributed by atoms with Crippen molar-refractivity contribution < 1.29 is 25.2 Å². The van der Waals surface area contributed by atoms with E-state index in [0.29, 0.717) is 17.0 Å². The van der Waals surface area contributed by atoms with Crippen LogP contribution in [0.15, 0.2) is 48.5 Å². The quantitative estimate of drug-likeness (QED) is 0.423. The maximum atomic E-state index is 10.4. The second-order valence-corrected chi connectivity index (χ2v) is 8.93. The molecule has 0 aliphatic carbocycles. The molecule has 1 aliphatic rings. The van der Waals surface area contributed by atoms with E-state index in [1.165, 1.54) is 0 Å². The van der Waals surface area contributed by atoms with E-state index in [4.69, 9.17) is 16.3 Å². The molecule has 4 N–H and O–H groups in total. The molecule has 3 aromatic rings. The predicted octanol–water partition coefficient (Wildman–Crippen LogP) is 1.89. The molecule has 0 saturated carbocycles. The summed E-state index contributed by atoms with van der Waals surface area (Å²) < 4.78 is 7.43. The van der Waals surface area contributed by atoms with Crippen LogP contribution in [-0.2, 0) is 18.2 Å². The van der Waals surface area contributed by atoms with Crippen LogP contribution in [0.25, 0.3) is 0 Å². The normalized spacial score (nSPS) is 24.5. The Labute approximate surface area is 203 Å². The molecule has 2 heterocycles. The molecule has 0 spiro atoms. The number of ether oxygens (including phenoxy) is 1. The van der Waals surface area contributed by atoms with Crippen LogP contribution < -0.4 is 0 Å². The van der Waals surface area contributed by atoms with Crippen molar-refractivity contribution in [3.05, 3.63) is 87.2 Å². The zero-order valence-corrected chi connectivity index (χ0v) is 19.6. The maximum absolute atomic E-state index is 10.4. The predicted molar refractivity (Wildman–Crippen MR) is 127 cm³/mol. The topological polar surface area (TPSA) is 108 Å². The van der Waals surface area contributed by atoms with Gasteiger partial charge in [0.25, 0.3) is 0 Å². The average molecular weight is 483 g/mol. The second kappa shape index (κ2) is 10.3. The lowest BCUT2D eigenvalue weighted by molar-refractivity contribution is -0.231. The molecule has 1 aliphatic heterocycles. The average Bonchev–Trinajstić information content (AvgIpc) is 3.15. The molecule has 1 unspecified atom stereocenters. The lowest BCUT2D eigenvalue weighted by Gasteiger charge is -2.40. The fraction of sp³-hybridized carbons (Fsp3) is 0.346. The van der Waals surface area contributed by atoms with Gasteiger partial charge < -0.3 is 25.2 Å². The second-order valence-electron chi connectivity index (χ2n) is 8.52. The van der Waals surface area contributed by atoms with Gasteiger partial charge in [0, 0.05) is 17.6 Å². The van der Waals surface area contributed by atoms with E-state index in [1.807, 2.05) is 50.4 Å². The molecule has 2 aromatic carbocycles. The van der Waals surface area contributed by atoms with E-state index in [1.54, 1.807) is 16.8 Å². The van der Waals surface area contributed by atoms with Crippen molar-refractivity contribution in [2.45, 2.75) is 43.9 Å². The summed E-state index contributed by atoms with van der Waals surface area (Å²) in [6.07, 6.45) is -5.50. The van der Waals surface area contributed by atoms with Gasteiger partial charge in [-0.2, -0.15) is 5.10 Å². The standard InChI is InChI=1S/C26H27ClN2O5/c1-15-11-20(29(2)28-15)9-7-16-3-5-17(6-4-16)12-19-13-18(8-10-21(19)27)26-25(33)24(32)23(31)22(14-30)34-26/h3-6,8,10-11,13,22-26,30-33H,12,14H2,1-2H3/t22-,23-,24?,25-,26+/m1/s1. The van der Waals surface area contributed by atoms with Crippen LogP contribution in [0.1, 0.15) is 39.7 Å². The molecule has 1 fully saturated rings. The van der Waals surface area contributed by atoms with Gasteiger partial charge in [-0.25, -0.2) is 0 Å². The number of hydrogen-bond acceptors (Lipinski definition) is 6. The molecular formula is C26H27ClN2O5. The summed E-state index contributed by atoms with van der Waals surface area (Å²) in [5, 5.41) is 44.9. The molecule has 8 heteroatoms. The summed E-state index contributed by atoms with van der Waals surface area (Å²) in [5.41, 5.74) is 5.09. The summed E-state index contributed by atoms with van der Waals surface area (Å²) in [6, 6.07) is 15.0. The molecular weight excluding hydrogens is 456 g/mol. The van der Waals surface area contributed by atoms with Crippen molar-refractivity contribution in [1.82, 2.24) is 9.78 Å². The number of aliphatic hydroxyl groups excluding tert-OH is 4. The van der Waals surface area contributed by atoms with E-state index < -0.39 is 37.1 Å². The molecule has 34 heavy (non-hydrogen) atoms. The first-order valence-corrected chi connectivity index (χ1v) is 11.3. The largest absolute Gasteiger partial charge is 0.394 e. The van der Waals surface area contributed by atoms with Crippen molar-refractivity contribution in [2.24, 2.45) is 7.05 Å². The number of aromatic nitrogens is 2. The first-order chi connectivity index (χ1) is 16.3. The number of aliphatic hydroxyl groups is 4. The summed E-state index contributed by atoms with van der Waals surface area (Å²) >= 11 is 6.43. The Bertz CT molecular complexity index is 1210. The highest BCUT2D eigenvalue weighted by atomic mass is 35.5. The summed E-state index contributed by atoms with van der Waals surface area (Å²) in [5.74, 6) is 6.27. The van der Waals surface area contributed by atoms with Gasteiger partial charge in [-0.1, -0.05) is 41.8 Å². The summed E-state index contributed by atoms with van der Waals surface area (Å²) in [7, 11) is 1.86. The Morgan fingerprint density at radius 2 is 1.74 bits per heavy atom. The lowest BCUT2D eigenvalue weighted by atomic mass is 9.90. The van der Waals surface area contributed by atoms with E-state index in [-0.39, 0.29) is 0 Å². The fourth-order valence-corrected chi connectivity index (χ4v) is 4.26. The molecule has 178 valence electrons. The Kier molecular flexibility index (Phi) is 7.39. The molecule has 5 atom stereocenters. The van der Waals surface area contributed by atoms with Crippen molar-refractivity contribution in [3.63, 3.8) is 0 Å². The zero-order valence-electron chi connectivity index (χ0n) is 18.9. The minimum absolute atomic E-state index is 0.475. The maximum Gasteiger partial charge on any atom is 0.113 e. The summed E-state index contributed by atoms with van der Waals surface area (Å²) in [4.78, 5) is 0. The SMILES string of the molecule is Cc1cc(C#Cc2ccc(Cc3cc([C@@H]4O[C@H](CO)[C@@H](O)C(O)[C@H]4O)ccc3Cl)cc2)n(C)n1. The highest BCUT2D eigenvalue weighted by molar-refractivity contribution is 6.31. The molecule has 1 saturated heterocycles. The first-order valence-electron chi connectivity index (χ1n) is 11.0. The van der Waals surface area contributed by atoms with Gasteiger partial charge >= 0.3 is 0 Å². The van der Waals surface area contributed by atoms with E-state index in [9.17, 15) is 20.4 Å². The lowest BCUT2D eigenvalue weighted by Crippen LogP contribution is -2.55. The van der Waals surface area contributed by atoms with Gasteiger partial charge in [0.2, 0.25) is 0 Å². The number of hydrogen-bond donors (Lipinski definition) is 4. The first kappa shape index (κ1) is 24.4. The Morgan fingerprint density at radius 3 is 2.38 bits per heavy atom. The van der Waals surface area contributed by atoms with Crippen LogP contribution in [0.2, 0.25) is 5.02 Å². The monoisotopic (exact) mass is 482 g/mol. The van der Waals surface area contributed by atoms with Gasteiger partial charge in [-0.05, 0) is 60.2 Å².